The number of hydrogen-bond donors (Lipinski definition) is 1. The maximum absolute atomic E-state index is 3.83. The van der Waals surface area contributed by atoms with Crippen LogP contribution < -0.4 is 5.32 Å². The second kappa shape index (κ2) is 7.79. The largest absolute Gasteiger partial charge is 0.312 e. The molecule has 1 saturated carbocycles. The molecule has 0 saturated heterocycles. The van der Waals surface area contributed by atoms with E-state index < -0.39 is 0 Å². The van der Waals surface area contributed by atoms with Gasteiger partial charge in [0.2, 0.25) is 0 Å². The first-order valence-corrected chi connectivity index (χ1v) is 8.87. The molecular formula is C16H33NS. The Morgan fingerprint density at radius 1 is 1.33 bits per heavy atom. The number of nitrogens with one attached hydrogen (secondary N) is 1. The van der Waals surface area contributed by atoms with Crippen molar-refractivity contribution in [2.45, 2.75) is 78.0 Å². The van der Waals surface area contributed by atoms with Crippen LogP contribution in [0.2, 0.25) is 0 Å². The normalized spacial score (nSPS) is 27.7. The van der Waals surface area contributed by atoms with Crippen LogP contribution in [0.15, 0.2) is 0 Å². The van der Waals surface area contributed by atoms with Gasteiger partial charge in [0, 0.05) is 11.3 Å². The Bertz CT molecular complexity index is 225. The summed E-state index contributed by atoms with van der Waals surface area (Å²) in [5.74, 6) is 2.18. The molecule has 18 heavy (non-hydrogen) atoms. The highest BCUT2D eigenvalue weighted by Gasteiger charge is 2.38. The van der Waals surface area contributed by atoms with Crippen LogP contribution in [0.5, 0.6) is 0 Å². The van der Waals surface area contributed by atoms with E-state index in [1.165, 1.54) is 44.4 Å². The molecule has 1 aliphatic carbocycles. The molecule has 0 heterocycles. The highest BCUT2D eigenvalue weighted by molar-refractivity contribution is 7.99. The Hall–Kier alpha value is 0.310. The minimum Gasteiger partial charge on any atom is -0.312 e. The zero-order valence-electron chi connectivity index (χ0n) is 13.1. The van der Waals surface area contributed by atoms with Crippen molar-refractivity contribution in [2.75, 3.05) is 12.3 Å². The number of rotatable bonds is 7. The third-order valence-electron chi connectivity index (χ3n) is 4.16. The van der Waals surface area contributed by atoms with E-state index in [4.69, 9.17) is 0 Å². The van der Waals surface area contributed by atoms with Gasteiger partial charge in [-0.05, 0) is 49.3 Å². The molecule has 0 spiro atoms. The lowest BCUT2D eigenvalue weighted by Crippen LogP contribution is -2.51. The Balaban J connectivity index is 2.50. The Morgan fingerprint density at radius 2 is 2.06 bits per heavy atom. The van der Waals surface area contributed by atoms with E-state index in [1.807, 2.05) is 0 Å². The molecular weight excluding hydrogens is 238 g/mol. The van der Waals surface area contributed by atoms with Gasteiger partial charge in [-0.1, -0.05) is 41.0 Å². The lowest BCUT2D eigenvalue weighted by Gasteiger charge is -2.44. The highest BCUT2D eigenvalue weighted by Crippen LogP contribution is 2.40. The lowest BCUT2D eigenvalue weighted by atomic mass is 9.73. The number of thioether (sulfide) groups is 1. The molecule has 2 heteroatoms. The van der Waals surface area contributed by atoms with Gasteiger partial charge in [0.25, 0.3) is 0 Å². The predicted molar refractivity (Wildman–Crippen MR) is 85.4 cm³/mol. The second-order valence-corrected chi connectivity index (χ2v) is 8.25. The summed E-state index contributed by atoms with van der Waals surface area (Å²) in [6.07, 6.45) is 6.82. The van der Waals surface area contributed by atoms with Gasteiger partial charge < -0.3 is 5.32 Å². The summed E-state index contributed by atoms with van der Waals surface area (Å²) in [5, 5.41) is 4.66. The van der Waals surface area contributed by atoms with Crippen LogP contribution in [0, 0.1) is 11.3 Å². The van der Waals surface area contributed by atoms with Crippen molar-refractivity contribution in [1.82, 2.24) is 5.32 Å². The van der Waals surface area contributed by atoms with Gasteiger partial charge in [0.15, 0.2) is 0 Å². The van der Waals surface area contributed by atoms with E-state index >= 15 is 0 Å². The summed E-state index contributed by atoms with van der Waals surface area (Å²) in [4.78, 5) is 0. The van der Waals surface area contributed by atoms with Crippen molar-refractivity contribution in [2.24, 2.45) is 11.3 Å². The van der Waals surface area contributed by atoms with E-state index in [9.17, 15) is 0 Å². The molecule has 0 aromatic carbocycles. The van der Waals surface area contributed by atoms with Crippen LogP contribution in [0.3, 0.4) is 0 Å². The van der Waals surface area contributed by atoms with Crippen LogP contribution in [0.25, 0.3) is 0 Å². The molecule has 0 amide bonds. The first-order chi connectivity index (χ1) is 8.47. The van der Waals surface area contributed by atoms with Gasteiger partial charge in [0.1, 0.15) is 0 Å². The van der Waals surface area contributed by atoms with Gasteiger partial charge in [0.05, 0.1) is 0 Å². The standard InChI is InChI=1S/C16H33NS/c1-6-11-17-15-14(18-12-9-13(2)3)8-7-10-16(15,4)5/h13-15,17H,6-12H2,1-5H3. The fourth-order valence-electron chi connectivity index (χ4n) is 2.93. The molecule has 1 fully saturated rings. The average molecular weight is 272 g/mol. The molecule has 2 atom stereocenters. The zero-order valence-corrected chi connectivity index (χ0v) is 13.9. The van der Waals surface area contributed by atoms with Crippen molar-refractivity contribution in [3.63, 3.8) is 0 Å². The predicted octanol–water partition coefficient (Wildman–Crippen LogP) is 4.71. The van der Waals surface area contributed by atoms with Crippen molar-refractivity contribution in [3.05, 3.63) is 0 Å². The summed E-state index contributed by atoms with van der Waals surface area (Å²) in [7, 11) is 0. The van der Waals surface area contributed by atoms with Gasteiger partial charge in [-0.15, -0.1) is 0 Å². The van der Waals surface area contributed by atoms with Crippen LogP contribution in [-0.2, 0) is 0 Å². The van der Waals surface area contributed by atoms with E-state index in [-0.39, 0.29) is 0 Å². The summed E-state index contributed by atoms with van der Waals surface area (Å²) >= 11 is 2.22. The molecule has 1 N–H and O–H groups in total. The first kappa shape index (κ1) is 16.4. The van der Waals surface area contributed by atoms with Crippen molar-refractivity contribution >= 4 is 11.8 Å². The maximum atomic E-state index is 3.83. The van der Waals surface area contributed by atoms with E-state index in [2.05, 4.69) is 51.7 Å². The molecule has 108 valence electrons. The van der Waals surface area contributed by atoms with Crippen LogP contribution in [0.1, 0.15) is 66.7 Å². The SMILES string of the molecule is CCCNC1C(SCCC(C)C)CCCC1(C)C. The molecule has 0 aliphatic heterocycles. The molecule has 0 bridgehead atoms. The van der Waals surface area contributed by atoms with Crippen LogP contribution in [-0.4, -0.2) is 23.6 Å². The van der Waals surface area contributed by atoms with E-state index in [0.717, 1.165) is 11.2 Å². The molecule has 1 aliphatic rings. The Morgan fingerprint density at radius 3 is 2.67 bits per heavy atom. The van der Waals surface area contributed by atoms with Crippen LogP contribution in [0.4, 0.5) is 0 Å². The molecule has 0 radical (unpaired) electrons. The third kappa shape index (κ3) is 5.13. The molecule has 0 aromatic rings. The minimum atomic E-state index is 0.475. The lowest BCUT2D eigenvalue weighted by molar-refractivity contribution is 0.175. The molecule has 0 aromatic heterocycles. The average Bonchev–Trinajstić information content (AvgIpc) is 2.27. The van der Waals surface area contributed by atoms with Gasteiger partial charge >= 0.3 is 0 Å². The molecule has 1 rings (SSSR count). The fourth-order valence-corrected chi connectivity index (χ4v) is 4.83. The van der Waals surface area contributed by atoms with E-state index in [1.54, 1.807) is 0 Å². The quantitative estimate of drug-likeness (QED) is 0.719. The molecule has 1 nitrogen and oxygen atoms in total. The first-order valence-electron chi connectivity index (χ1n) is 7.82. The minimum absolute atomic E-state index is 0.475. The number of hydrogen-bond acceptors (Lipinski definition) is 2. The van der Waals surface area contributed by atoms with Crippen molar-refractivity contribution in [3.8, 4) is 0 Å². The van der Waals surface area contributed by atoms with Gasteiger partial charge in [-0.25, -0.2) is 0 Å². The smallest absolute Gasteiger partial charge is 0.0237 e. The topological polar surface area (TPSA) is 12.0 Å². The van der Waals surface area contributed by atoms with Crippen molar-refractivity contribution in [1.29, 1.82) is 0 Å². The summed E-state index contributed by atoms with van der Waals surface area (Å²) < 4.78 is 0. The Labute approximate surface area is 119 Å². The Kier molecular flexibility index (Phi) is 7.08. The zero-order chi connectivity index (χ0) is 13.6. The van der Waals surface area contributed by atoms with Gasteiger partial charge in [-0.3, -0.25) is 0 Å². The van der Waals surface area contributed by atoms with Crippen LogP contribution >= 0.6 is 11.8 Å². The summed E-state index contributed by atoms with van der Waals surface area (Å²) in [5.41, 5.74) is 0.475. The third-order valence-corrected chi connectivity index (χ3v) is 5.57. The molecule has 2 unspecified atom stereocenters. The highest BCUT2D eigenvalue weighted by atomic mass is 32.2. The maximum Gasteiger partial charge on any atom is 0.0237 e. The monoisotopic (exact) mass is 271 g/mol. The summed E-state index contributed by atoms with van der Waals surface area (Å²) in [6, 6.07) is 0.711. The van der Waals surface area contributed by atoms with Crippen molar-refractivity contribution < 1.29 is 0 Å². The van der Waals surface area contributed by atoms with E-state index in [0.29, 0.717) is 11.5 Å². The fraction of sp³-hybridized carbons (Fsp3) is 1.00. The summed E-state index contributed by atoms with van der Waals surface area (Å²) in [6.45, 7) is 13.0. The second-order valence-electron chi connectivity index (χ2n) is 6.90. The van der Waals surface area contributed by atoms with Gasteiger partial charge in [-0.2, -0.15) is 11.8 Å².